The van der Waals surface area contributed by atoms with Crippen LogP contribution >= 0.6 is 11.3 Å². The van der Waals surface area contributed by atoms with E-state index in [4.69, 9.17) is 9.47 Å². The van der Waals surface area contributed by atoms with E-state index in [2.05, 4.69) is 19.6 Å². The number of ether oxygens (including phenoxy) is 2. The molecule has 7 heteroatoms. The van der Waals surface area contributed by atoms with Crippen molar-refractivity contribution in [2.24, 2.45) is 0 Å². The van der Waals surface area contributed by atoms with E-state index < -0.39 is 0 Å². The van der Waals surface area contributed by atoms with Gasteiger partial charge < -0.3 is 19.3 Å². The molecule has 2 aromatic carbocycles. The Hall–Kier alpha value is -3.58. The molecule has 1 unspecified atom stereocenters. The summed E-state index contributed by atoms with van der Waals surface area (Å²) in [6, 6.07) is 17.6. The summed E-state index contributed by atoms with van der Waals surface area (Å²) in [7, 11) is 3.22. The summed E-state index contributed by atoms with van der Waals surface area (Å²) in [6.45, 7) is 9.22. The van der Waals surface area contributed by atoms with Gasteiger partial charge >= 0.3 is 0 Å². The monoisotopic (exact) mass is 534 g/mol. The molecular weight excluding hydrogens is 496 g/mol. The Morgan fingerprint density at radius 3 is 2.37 bits per heavy atom. The molecule has 1 aromatic heterocycles. The molecule has 0 saturated heterocycles. The highest BCUT2D eigenvalue weighted by Gasteiger charge is 2.27. The van der Waals surface area contributed by atoms with Crippen molar-refractivity contribution in [2.75, 3.05) is 33.9 Å². The van der Waals surface area contributed by atoms with E-state index >= 15 is 0 Å². The number of nitrogens with zero attached hydrogens (tertiary/aromatic N) is 2. The van der Waals surface area contributed by atoms with Crippen molar-refractivity contribution in [2.45, 2.75) is 39.2 Å². The van der Waals surface area contributed by atoms with Crippen LogP contribution in [0.25, 0.3) is 0 Å². The van der Waals surface area contributed by atoms with Gasteiger partial charge in [0.05, 0.1) is 26.7 Å². The fourth-order valence-electron chi connectivity index (χ4n) is 4.44. The molecule has 0 aliphatic carbocycles. The SMILES string of the molecule is C=CCN(CC(=O)N(CCc1ccc(OC)c(OC)c1)Cc1sccc1C)C(=O)C(CC)c1ccccc1. The molecule has 0 radical (unpaired) electrons. The van der Waals surface area contributed by atoms with Crippen molar-refractivity contribution in [3.8, 4) is 11.5 Å². The standard InChI is InChI=1S/C31H38N2O4S/c1-6-17-33(31(35)26(7-2)25-11-9-8-10-12-25)22-30(34)32(21-29-23(3)16-19-38-29)18-15-24-13-14-27(36-4)28(20-24)37-5/h6,8-14,16,19-20,26H,1,7,15,17-18,21-22H2,2-5H3. The predicted octanol–water partition coefficient (Wildman–Crippen LogP) is 5.85. The van der Waals surface area contributed by atoms with E-state index in [1.165, 1.54) is 0 Å². The zero-order valence-electron chi connectivity index (χ0n) is 22.8. The number of rotatable bonds is 14. The van der Waals surface area contributed by atoms with Gasteiger partial charge in [-0.05, 0) is 60.0 Å². The number of thiophene rings is 1. The largest absolute Gasteiger partial charge is 0.493 e. The van der Waals surface area contributed by atoms with E-state index in [1.54, 1.807) is 36.5 Å². The van der Waals surface area contributed by atoms with Crippen LogP contribution in [0.3, 0.4) is 0 Å². The van der Waals surface area contributed by atoms with Crippen LogP contribution in [0.2, 0.25) is 0 Å². The number of amides is 2. The minimum atomic E-state index is -0.302. The first-order valence-electron chi connectivity index (χ1n) is 12.9. The lowest BCUT2D eigenvalue weighted by atomic mass is 9.95. The second-order valence-corrected chi connectivity index (χ2v) is 10.2. The molecule has 1 heterocycles. The maximum atomic E-state index is 13.7. The van der Waals surface area contributed by atoms with Crippen molar-refractivity contribution in [3.63, 3.8) is 0 Å². The number of carbonyl (C=O) groups excluding carboxylic acids is 2. The van der Waals surface area contributed by atoms with Crippen molar-refractivity contribution in [1.29, 1.82) is 0 Å². The van der Waals surface area contributed by atoms with Crippen molar-refractivity contribution in [1.82, 2.24) is 9.80 Å². The molecule has 0 N–H and O–H groups in total. The zero-order chi connectivity index (χ0) is 27.5. The Kier molecular flexibility index (Phi) is 11.0. The van der Waals surface area contributed by atoms with Gasteiger partial charge in [-0.3, -0.25) is 9.59 Å². The summed E-state index contributed by atoms with van der Waals surface area (Å²) in [6.07, 6.45) is 2.98. The first-order chi connectivity index (χ1) is 18.4. The second kappa shape index (κ2) is 14.4. The molecular formula is C31H38N2O4S. The Morgan fingerprint density at radius 2 is 1.76 bits per heavy atom. The van der Waals surface area contributed by atoms with Gasteiger partial charge in [-0.2, -0.15) is 0 Å². The summed E-state index contributed by atoms with van der Waals surface area (Å²) in [5, 5.41) is 2.04. The van der Waals surface area contributed by atoms with Crippen LogP contribution in [0.5, 0.6) is 11.5 Å². The van der Waals surface area contributed by atoms with Crippen molar-refractivity contribution >= 4 is 23.2 Å². The molecule has 3 aromatic rings. The van der Waals surface area contributed by atoms with E-state index in [1.807, 2.05) is 65.7 Å². The van der Waals surface area contributed by atoms with Crippen molar-refractivity contribution < 1.29 is 19.1 Å². The van der Waals surface area contributed by atoms with Crippen LogP contribution in [0.4, 0.5) is 0 Å². The number of hydrogen-bond acceptors (Lipinski definition) is 5. The number of aryl methyl sites for hydroxylation is 1. The van der Waals surface area contributed by atoms with Gasteiger partial charge in [0.25, 0.3) is 0 Å². The number of carbonyl (C=O) groups is 2. The van der Waals surface area contributed by atoms with Crippen LogP contribution < -0.4 is 9.47 Å². The molecule has 0 fully saturated rings. The average molecular weight is 535 g/mol. The number of hydrogen-bond donors (Lipinski definition) is 0. The third-order valence-electron chi connectivity index (χ3n) is 6.67. The average Bonchev–Trinajstić information content (AvgIpc) is 3.35. The zero-order valence-corrected chi connectivity index (χ0v) is 23.6. The second-order valence-electron chi connectivity index (χ2n) is 9.16. The van der Waals surface area contributed by atoms with Crippen LogP contribution in [0.15, 0.2) is 72.6 Å². The first-order valence-corrected chi connectivity index (χ1v) is 13.8. The van der Waals surface area contributed by atoms with Gasteiger partial charge in [0, 0.05) is 18.0 Å². The van der Waals surface area contributed by atoms with Crippen LogP contribution in [-0.2, 0) is 22.6 Å². The van der Waals surface area contributed by atoms with E-state index in [0.29, 0.717) is 44.0 Å². The summed E-state index contributed by atoms with van der Waals surface area (Å²) in [5.41, 5.74) is 3.16. The predicted molar refractivity (Wildman–Crippen MR) is 154 cm³/mol. The molecule has 3 rings (SSSR count). The Balaban J connectivity index is 1.80. The smallest absolute Gasteiger partial charge is 0.242 e. The summed E-state index contributed by atoms with van der Waals surface area (Å²) >= 11 is 1.64. The quantitative estimate of drug-likeness (QED) is 0.243. The van der Waals surface area contributed by atoms with E-state index in [0.717, 1.165) is 21.6 Å². The van der Waals surface area contributed by atoms with Gasteiger partial charge in [0.1, 0.15) is 6.54 Å². The lowest BCUT2D eigenvalue weighted by Crippen LogP contribution is -2.44. The molecule has 202 valence electrons. The van der Waals surface area contributed by atoms with Crippen LogP contribution in [-0.4, -0.2) is 55.5 Å². The molecule has 0 aliphatic heterocycles. The highest BCUT2D eigenvalue weighted by Crippen LogP contribution is 2.28. The number of benzene rings is 2. The third kappa shape index (κ3) is 7.48. The Bertz CT molecular complexity index is 1210. The lowest BCUT2D eigenvalue weighted by Gasteiger charge is -2.29. The fourth-order valence-corrected chi connectivity index (χ4v) is 5.36. The summed E-state index contributed by atoms with van der Waals surface area (Å²) in [5.74, 6) is 0.881. The van der Waals surface area contributed by atoms with Gasteiger partial charge in [-0.15, -0.1) is 17.9 Å². The molecule has 38 heavy (non-hydrogen) atoms. The highest BCUT2D eigenvalue weighted by atomic mass is 32.1. The van der Waals surface area contributed by atoms with Gasteiger partial charge in [0.15, 0.2) is 11.5 Å². The Morgan fingerprint density at radius 1 is 1.03 bits per heavy atom. The third-order valence-corrected chi connectivity index (χ3v) is 7.68. The first kappa shape index (κ1) is 29.0. The molecule has 6 nitrogen and oxygen atoms in total. The highest BCUT2D eigenvalue weighted by molar-refractivity contribution is 7.10. The summed E-state index contributed by atoms with van der Waals surface area (Å²) in [4.78, 5) is 31.9. The van der Waals surface area contributed by atoms with E-state index in [-0.39, 0.29) is 24.3 Å². The minimum Gasteiger partial charge on any atom is -0.493 e. The topological polar surface area (TPSA) is 59.1 Å². The fraction of sp³-hybridized carbons (Fsp3) is 0.355. The van der Waals surface area contributed by atoms with Gasteiger partial charge in [-0.1, -0.05) is 49.4 Å². The maximum absolute atomic E-state index is 13.7. The van der Waals surface area contributed by atoms with Crippen LogP contribution in [0.1, 0.15) is 40.8 Å². The molecule has 2 amide bonds. The molecule has 0 bridgehead atoms. The summed E-state index contributed by atoms with van der Waals surface area (Å²) < 4.78 is 10.8. The van der Waals surface area contributed by atoms with Crippen molar-refractivity contribution in [3.05, 3.63) is 94.2 Å². The van der Waals surface area contributed by atoms with Gasteiger partial charge in [-0.25, -0.2) is 0 Å². The molecule has 0 saturated carbocycles. The van der Waals surface area contributed by atoms with Gasteiger partial charge in [0.2, 0.25) is 11.8 Å². The molecule has 0 spiro atoms. The molecule has 1 atom stereocenters. The number of methoxy groups -OCH3 is 2. The Labute approximate surface area is 230 Å². The normalized spacial score (nSPS) is 11.5. The van der Waals surface area contributed by atoms with Crippen LogP contribution in [0, 0.1) is 6.92 Å². The minimum absolute atomic E-state index is 0.00451. The maximum Gasteiger partial charge on any atom is 0.242 e. The lowest BCUT2D eigenvalue weighted by molar-refractivity contribution is -0.141. The van der Waals surface area contributed by atoms with E-state index in [9.17, 15) is 9.59 Å². The molecule has 0 aliphatic rings.